The molecule has 5 nitrogen and oxygen atoms in total. The number of Topliss-reactive ketones (excluding diaryl/α,β-unsaturated/α-hetero) is 1. The van der Waals surface area contributed by atoms with Gasteiger partial charge >= 0.3 is 0 Å². The predicted molar refractivity (Wildman–Crippen MR) is 133 cm³/mol. The van der Waals surface area contributed by atoms with Crippen LogP contribution in [0, 0.1) is 5.92 Å². The summed E-state index contributed by atoms with van der Waals surface area (Å²) in [6.07, 6.45) is 8.41. The molecule has 2 bridgehead atoms. The number of ketones is 1. The number of likely N-dealkylation sites (tertiary alicyclic amines) is 1. The van der Waals surface area contributed by atoms with Crippen LogP contribution in [0.4, 0.5) is 0 Å². The van der Waals surface area contributed by atoms with Gasteiger partial charge in [-0.2, -0.15) is 0 Å². The van der Waals surface area contributed by atoms with Crippen LogP contribution in [0.5, 0.6) is 11.5 Å². The Kier molecular flexibility index (Phi) is 5.05. The van der Waals surface area contributed by atoms with Crippen LogP contribution in [0.2, 0.25) is 0 Å². The number of aromatic hydroxyl groups is 1. The molecule has 7 rings (SSSR count). The Balaban J connectivity index is 1.27. The minimum atomic E-state index is -0.541. The number of benzene rings is 2. The highest BCUT2D eigenvalue weighted by molar-refractivity contribution is 5.90. The molecule has 3 aliphatic carbocycles. The van der Waals surface area contributed by atoms with Crippen LogP contribution in [-0.2, 0) is 27.8 Å². The van der Waals surface area contributed by atoms with Crippen molar-refractivity contribution in [2.24, 2.45) is 5.92 Å². The Bertz CT molecular complexity index is 1140. The summed E-state index contributed by atoms with van der Waals surface area (Å²) in [5.74, 6) is 1.67. The van der Waals surface area contributed by atoms with Crippen LogP contribution in [0.25, 0.3) is 0 Å². The average molecular weight is 474 g/mol. The maximum absolute atomic E-state index is 13.3. The van der Waals surface area contributed by atoms with Gasteiger partial charge in [-0.05, 0) is 74.6 Å². The van der Waals surface area contributed by atoms with E-state index in [4.69, 9.17) is 9.47 Å². The Morgan fingerprint density at radius 2 is 1.97 bits per heavy atom. The molecular weight excluding hydrogens is 438 g/mol. The van der Waals surface area contributed by atoms with E-state index >= 15 is 0 Å². The number of ether oxygens (including phenoxy) is 2. The van der Waals surface area contributed by atoms with Gasteiger partial charge in [0.05, 0.1) is 11.0 Å². The Labute approximate surface area is 207 Å². The number of aryl methyl sites for hydroxylation is 1. The van der Waals surface area contributed by atoms with Crippen molar-refractivity contribution in [2.75, 3.05) is 19.7 Å². The normalized spacial score (nSPS) is 33.2. The van der Waals surface area contributed by atoms with E-state index in [-0.39, 0.29) is 17.6 Å². The van der Waals surface area contributed by atoms with Crippen LogP contribution in [0.3, 0.4) is 0 Å². The van der Waals surface area contributed by atoms with Crippen LogP contribution < -0.4 is 4.74 Å². The molecule has 1 saturated heterocycles. The van der Waals surface area contributed by atoms with Gasteiger partial charge in [-0.3, -0.25) is 9.69 Å². The van der Waals surface area contributed by atoms with Gasteiger partial charge in [-0.25, -0.2) is 0 Å². The van der Waals surface area contributed by atoms with Crippen molar-refractivity contribution in [2.45, 2.75) is 80.9 Å². The number of rotatable bonds is 7. The standard InChI is InChI=1S/C30H35NO4/c32-23-12-11-22-18-25-30(34-17-5-10-20-6-2-1-3-7-20)14-13-24(33)28-29(30,26(22)27(23)35-28)15-16-31(25)19-21-8-4-9-21/h1-3,6-7,11-12,21,25,28,32H,4-5,8-10,13-19H2/t25?,28-,29-,30+/m0/s1. The molecule has 5 aliphatic rings. The molecule has 2 saturated carbocycles. The monoisotopic (exact) mass is 473 g/mol. The van der Waals surface area contributed by atoms with E-state index in [9.17, 15) is 9.90 Å². The van der Waals surface area contributed by atoms with Gasteiger partial charge in [0.25, 0.3) is 0 Å². The first-order valence-electron chi connectivity index (χ1n) is 13.6. The maximum Gasteiger partial charge on any atom is 0.174 e. The lowest BCUT2D eigenvalue weighted by Gasteiger charge is -2.64. The number of carbonyl (C=O) groups is 1. The Morgan fingerprint density at radius 3 is 2.77 bits per heavy atom. The molecule has 0 amide bonds. The topological polar surface area (TPSA) is 59.0 Å². The van der Waals surface area contributed by atoms with Crippen LogP contribution in [-0.4, -0.2) is 53.2 Å². The Hall–Kier alpha value is -2.37. The zero-order valence-electron chi connectivity index (χ0n) is 20.4. The van der Waals surface area contributed by atoms with Crippen molar-refractivity contribution in [1.82, 2.24) is 4.90 Å². The Morgan fingerprint density at radius 1 is 1.11 bits per heavy atom. The lowest BCUT2D eigenvalue weighted by atomic mass is 9.48. The van der Waals surface area contributed by atoms with E-state index in [2.05, 4.69) is 41.3 Å². The fourth-order valence-electron chi connectivity index (χ4n) is 8.08. The smallest absolute Gasteiger partial charge is 0.174 e. The number of piperidine rings is 1. The predicted octanol–water partition coefficient (Wildman–Crippen LogP) is 4.57. The molecule has 184 valence electrons. The highest BCUT2D eigenvalue weighted by atomic mass is 16.5. The maximum atomic E-state index is 13.3. The second-order valence-corrected chi connectivity index (χ2v) is 11.5. The number of carbonyl (C=O) groups excluding carboxylic acids is 1. The van der Waals surface area contributed by atoms with Crippen molar-refractivity contribution in [3.63, 3.8) is 0 Å². The first-order chi connectivity index (χ1) is 17.1. The van der Waals surface area contributed by atoms with Crippen molar-refractivity contribution < 1.29 is 19.4 Å². The molecular formula is C30H35NO4. The fraction of sp³-hybridized carbons (Fsp3) is 0.567. The second-order valence-electron chi connectivity index (χ2n) is 11.5. The summed E-state index contributed by atoms with van der Waals surface area (Å²) in [6.45, 7) is 2.78. The third-order valence-electron chi connectivity index (χ3n) is 9.86. The van der Waals surface area contributed by atoms with Gasteiger partial charge in [0.15, 0.2) is 23.4 Å². The average Bonchev–Trinajstić information content (AvgIpc) is 3.20. The molecule has 3 fully saturated rings. The quantitative estimate of drug-likeness (QED) is 0.597. The summed E-state index contributed by atoms with van der Waals surface area (Å²) < 4.78 is 13.5. The summed E-state index contributed by atoms with van der Waals surface area (Å²) in [7, 11) is 0. The molecule has 2 aromatic carbocycles. The largest absolute Gasteiger partial charge is 0.504 e. The van der Waals surface area contributed by atoms with Crippen molar-refractivity contribution in [1.29, 1.82) is 0 Å². The zero-order chi connectivity index (χ0) is 23.6. The SMILES string of the molecule is O=C1CC[C@@]2(OCCCc3ccccc3)C3Cc4ccc(O)c5c4[C@@]2(CCN3CC2CCC2)[C@H]1O5. The third-order valence-corrected chi connectivity index (χ3v) is 9.86. The molecule has 2 aromatic rings. The highest BCUT2D eigenvalue weighted by Crippen LogP contribution is 2.66. The van der Waals surface area contributed by atoms with E-state index in [1.807, 2.05) is 0 Å². The van der Waals surface area contributed by atoms with Gasteiger partial charge in [-0.15, -0.1) is 0 Å². The number of phenolic OH excluding ortho intramolecular Hbond substituents is 1. The second kappa shape index (κ2) is 8.07. The van der Waals surface area contributed by atoms with Gasteiger partial charge < -0.3 is 14.6 Å². The molecule has 2 aliphatic heterocycles. The van der Waals surface area contributed by atoms with Gasteiger partial charge in [0.2, 0.25) is 0 Å². The van der Waals surface area contributed by atoms with Crippen molar-refractivity contribution >= 4 is 5.78 Å². The number of hydrogen-bond acceptors (Lipinski definition) is 5. The molecule has 2 heterocycles. The van der Waals surface area contributed by atoms with E-state index in [1.165, 1.54) is 30.4 Å². The minimum absolute atomic E-state index is 0.161. The minimum Gasteiger partial charge on any atom is -0.504 e. The van der Waals surface area contributed by atoms with E-state index < -0.39 is 17.1 Å². The third kappa shape index (κ3) is 3.04. The van der Waals surface area contributed by atoms with Crippen molar-refractivity contribution in [3.05, 3.63) is 59.2 Å². The van der Waals surface area contributed by atoms with Gasteiger partial charge in [0.1, 0.15) is 0 Å². The first kappa shape index (κ1) is 21.9. The lowest BCUT2D eigenvalue weighted by Crippen LogP contribution is -2.77. The molecule has 5 heteroatoms. The number of phenols is 1. The molecule has 4 atom stereocenters. The summed E-state index contributed by atoms with van der Waals surface area (Å²) in [6, 6.07) is 14.7. The number of nitrogens with zero attached hydrogens (tertiary/aromatic N) is 1. The molecule has 0 aromatic heterocycles. The summed E-state index contributed by atoms with van der Waals surface area (Å²) in [5.41, 5.74) is 2.72. The molecule has 1 N–H and O–H groups in total. The van der Waals surface area contributed by atoms with Crippen LogP contribution in [0.1, 0.15) is 61.6 Å². The van der Waals surface area contributed by atoms with Crippen LogP contribution >= 0.6 is 0 Å². The van der Waals surface area contributed by atoms with Crippen LogP contribution in [0.15, 0.2) is 42.5 Å². The highest BCUT2D eigenvalue weighted by Gasteiger charge is 2.74. The lowest BCUT2D eigenvalue weighted by molar-refractivity contribution is -0.215. The van der Waals surface area contributed by atoms with Crippen molar-refractivity contribution in [3.8, 4) is 11.5 Å². The number of hydrogen-bond donors (Lipinski definition) is 1. The summed E-state index contributed by atoms with van der Waals surface area (Å²) in [4.78, 5) is 16.0. The van der Waals surface area contributed by atoms with Gasteiger partial charge in [-0.1, -0.05) is 42.8 Å². The molecule has 0 radical (unpaired) electrons. The van der Waals surface area contributed by atoms with E-state index in [1.54, 1.807) is 6.07 Å². The zero-order valence-corrected chi connectivity index (χ0v) is 20.4. The van der Waals surface area contributed by atoms with Gasteiger partial charge in [0, 0.05) is 31.2 Å². The molecule has 1 unspecified atom stereocenters. The van der Waals surface area contributed by atoms with E-state index in [0.29, 0.717) is 18.8 Å². The van der Waals surface area contributed by atoms with E-state index in [0.717, 1.165) is 56.7 Å². The molecule has 35 heavy (non-hydrogen) atoms. The summed E-state index contributed by atoms with van der Waals surface area (Å²) >= 11 is 0. The molecule has 1 spiro atoms. The fourth-order valence-corrected chi connectivity index (χ4v) is 8.08. The first-order valence-corrected chi connectivity index (χ1v) is 13.6. The summed E-state index contributed by atoms with van der Waals surface area (Å²) in [5, 5.41) is 10.7.